The molecule has 1 fully saturated rings. The second-order valence-corrected chi connectivity index (χ2v) is 8.27. The molecule has 1 N–H and O–H groups in total. The van der Waals surface area contributed by atoms with Crippen LogP contribution in [0.1, 0.15) is 36.1 Å². The van der Waals surface area contributed by atoms with Crippen molar-refractivity contribution in [3.63, 3.8) is 0 Å². The van der Waals surface area contributed by atoms with Gasteiger partial charge in [-0.15, -0.1) is 0 Å². The van der Waals surface area contributed by atoms with Gasteiger partial charge in [0.25, 0.3) is 11.7 Å². The van der Waals surface area contributed by atoms with Crippen molar-refractivity contribution in [1.82, 2.24) is 4.90 Å². The van der Waals surface area contributed by atoms with Gasteiger partial charge in [0.2, 0.25) is 0 Å². The predicted octanol–water partition coefficient (Wildman–Crippen LogP) is 5.75. The lowest BCUT2D eigenvalue weighted by molar-refractivity contribution is -0.140. The Hall–Kier alpha value is -3.57. The van der Waals surface area contributed by atoms with Crippen LogP contribution in [-0.4, -0.2) is 28.3 Å². The van der Waals surface area contributed by atoms with Crippen molar-refractivity contribution in [2.24, 2.45) is 0 Å². The highest BCUT2D eigenvalue weighted by Gasteiger charge is 2.46. The van der Waals surface area contributed by atoms with Crippen LogP contribution in [0.15, 0.2) is 84.4 Å². The molecule has 6 heteroatoms. The zero-order valence-corrected chi connectivity index (χ0v) is 19.0. The Morgan fingerprint density at radius 2 is 1.64 bits per heavy atom. The lowest BCUT2D eigenvalue weighted by Gasteiger charge is -2.25. The number of aliphatic hydroxyl groups is 1. The summed E-state index contributed by atoms with van der Waals surface area (Å²) in [5, 5.41) is 11.6. The molecule has 0 radical (unpaired) electrons. The van der Waals surface area contributed by atoms with Crippen molar-refractivity contribution in [1.29, 1.82) is 0 Å². The van der Waals surface area contributed by atoms with Crippen LogP contribution in [-0.2, 0) is 16.1 Å². The van der Waals surface area contributed by atoms with E-state index in [-0.39, 0.29) is 17.9 Å². The summed E-state index contributed by atoms with van der Waals surface area (Å²) in [6.45, 7) is 2.87. The molecule has 1 saturated heterocycles. The van der Waals surface area contributed by atoms with Crippen LogP contribution in [0.3, 0.4) is 0 Å². The molecular weight excluding hydrogens is 438 g/mol. The third-order valence-electron chi connectivity index (χ3n) is 5.52. The normalized spacial score (nSPS) is 17.4. The first-order valence-electron chi connectivity index (χ1n) is 10.8. The van der Waals surface area contributed by atoms with Crippen molar-refractivity contribution >= 4 is 29.1 Å². The van der Waals surface area contributed by atoms with Gasteiger partial charge in [-0.1, -0.05) is 61.0 Å². The van der Waals surface area contributed by atoms with Crippen LogP contribution in [0.25, 0.3) is 5.76 Å². The van der Waals surface area contributed by atoms with E-state index in [1.807, 2.05) is 61.5 Å². The zero-order chi connectivity index (χ0) is 23.4. The molecule has 1 amide bonds. The molecule has 1 atom stereocenters. The van der Waals surface area contributed by atoms with Crippen LogP contribution in [0.4, 0.5) is 0 Å². The molecule has 1 unspecified atom stereocenters. The number of amides is 1. The predicted molar refractivity (Wildman–Crippen MR) is 128 cm³/mol. The maximum atomic E-state index is 13.1. The van der Waals surface area contributed by atoms with Crippen molar-refractivity contribution in [3.05, 3.63) is 106 Å². The van der Waals surface area contributed by atoms with E-state index in [2.05, 4.69) is 0 Å². The zero-order valence-electron chi connectivity index (χ0n) is 18.2. The number of halogens is 1. The summed E-state index contributed by atoms with van der Waals surface area (Å²) in [6, 6.07) is 22.5. The molecule has 4 rings (SSSR count). The molecule has 0 aliphatic carbocycles. The fraction of sp³-hybridized carbons (Fsp3) is 0.185. The number of benzene rings is 3. The number of ether oxygens (including phenoxy) is 1. The van der Waals surface area contributed by atoms with E-state index >= 15 is 0 Å². The molecule has 168 valence electrons. The maximum absolute atomic E-state index is 13.1. The summed E-state index contributed by atoms with van der Waals surface area (Å²) in [6.07, 6.45) is 0.889. The topological polar surface area (TPSA) is 66.8 Å². The monoisotopic (exact) mass is 461 g/mol. The van der Waals surface area contributed by atoms with Gasteiger partial charge in [-0.05, 0) is 53.9 Å². The van der Waals surface area contributed by atoms with Gasteiger partial charge < -0.3 is 14.7 Å². The average molecular weight is 462 g/mol. The van der Waals surface area contributed by atoms with E-state index < -0.39 is 17.7 Å². The summed E-state index contributed by atoms with van der Waals surface area (Å²) >= 11 is 5.98. The second kappa shape index (κ2) is 9.92. The van der Waals surface area contributed by atoms with Gasteiger partial charge >= 0.3 is 0 Å². The van der Waals surface area contributed by atoms with Crippen LogP contribution in [0.5, 0.6) is 5.75 Å². The Morgan fingerprint density at radius 1 is 0.970 bits per heavy atom. The Bertz CT molecular complexity index is 1170. The van der Waals surface area contributed by atoms with Gasteiger partial charge in [0.05, 0.1) is 18.2 Å². The number of carbonyl (C=O) groups excluding carboxylic acids is 2. The Balaban J connectivity index is 1.80. The van der Waals surface area contributed by atoms with E-state index in [0.29, 0.717) is 28.5 Å². The van der Waals surface area contributed by atoms with E-state index in [4.69, 9.17) is 16.3 Å². The molecule has 0 saturated carbocycles. The first kappa shape index (κ1) is 22.6. The van der Waals surface area contributed by atoms with E-state index in [0.717, 1.165) is 12.0 Å². The van der Waals surface area contributed by atoms with Crippen molar-refractivity contribution < 1.29 is 19.4 Å². The van der Waals surface area contributed by atoms with E-state index in [1.54, 1.807) is 24.3 Å². The van der Waals surface area contributed by atoms with Crippen molar-refractivity contribution in [2.75, 3.05) is 6.61 Å². The molecule has 5 nitrogen and oxygen atoms in total. The lowest BCUT2D eigenvalue weighted by atomic mass is 9.95. The summed E-state index contributed by atoms with van der Waals surface area (Å²) < 4.78 is 5.67. The summed E-state index contributed by atoms with van der Waals surface area (Å²) in [5.41, 5.74) is 2.08. The minimum Gasteiger partial charge on any atom is -0.507 e. The molecular formula is C27H24ClNO4. The largest absolute Gasteiger partial charge is 0.507 e. The van der Waals surface area contributed by atoms with Gasteiger partial charge in [-0.25, -0.2) is 0 Å². The number of nitrogens with zero attached hydrogens (tertiary/aromatic N) is 1. The third kappa shape index (κ3) is 4.78. The first-order valence-corrected chi connectivity index (χ1v) is 11.2. The van der Waals surface area contributed by atoms with Crippen molar-refractivity contribution in [2.45, 2.75) is 25.9 Å². The maximum Gasteiger partial charge on any atom is 0.295 e. The van der Waals surface area contributed by atoms with Crippen LogP contribution in [0, 0.1) is 0 Å². The number of aliphatic hydroxyl groups excluding tert-OH is 1. The van der Waals surface area contributed by atoms with Gasteiger partial charge in [-0.3, -0.25) is 9.59 Å². The Labute approximate surface area is 197 Å². The summed E-state index contributed by atoms with van der Waals surface area (Å²) in [7, 11) is 0. The Morgan fingerprint density at radius 3 is 2.27 bits per heavy atom. The molecule has 33 heavy (non-hydrogen) atoms. The van der Waals surface area contributed by atoms with Crippen molar-refractivity contribution in [3.8, 4) is 5.75 Å². The smallest absolute Gasteiger partial charge is 0.295 e. The number of likely N-dealkylation sites (tertiary alicyclic amines) is 1. The highest BCUT2D eigenvalue weighted by Crippen LogP contribution is 2.40. The second-order valence-electron chi connectivity index (χ2n) is 7.84. The lowest BCUT2D eigenvalue weighted by Crippen LogP contribution is -2.29. The minimum atomic E-state index is -0.735. The summed E-state index contributed by atoms with van der Waals surface area (Å²) in [5.74, 6) is -0.879. The number of rotatable bonds is 7. The quantitative estimate of drug-likeness (QED) is 0.276. The van der Waals surface area contributed by atoms with Crippen LogP contribution < -0.4 is 4.74 Å². The van der Waals surface area contributed by atoms with Gasteiger partial charge in [-0.2, -0.15) is 0 Å². The molecule has 1 heterocycles. The van der Waals surface area contributed by atoms with E-state index in [9.17, 15) is 14.7 Å². The van der Waals surface area contributed by atoms with Gasteiger partial charge in [0.1, 0.15) is 11.5 Å². The number of ketones is 1. The molecule has 0 spiro atoms. The molecule has 3 aromatic carbocycles. The number of carbonyl (C=O) groups is 2. The molecule has 0 aromatic heterocycles. The minimum absolute atomic E-state index is 0.0560. The fourth-order valence-corrected chi connectivity index (χ4v) is 4.03. The number of Topliss-reactive ketones (excluding diaryl/α,β-unsaturated/α-hetero) is 1. The average Bonchev–Trinajstić information content (AvgIpc) is 3.08. The van der Waals surface area contributed by atoms with Gasteiger partial charge in [0, 0.05) is 17.1 Å². The molecule has 1 aliphatic rings. The van der Waals surface area contributed by atoms with Crippen LogP contribution in [0.2, 0.25) is 5.02 Å². The molecule has 0 bridgehead atoms. The van der Waals surface area contributed by atoms with Crippen LogP contribution >= 0.6 is 11.6 Å². The molecule has 1 aliphatic heterocycles. The van der Waals surface area contributed by atoms with E-state index in [1.165, 1.54) is 4.90 Å². The molecule has 3 aromatic rings. The number of hydrogen-bond donors (Lipinski definition) is 1. The van der Waals surface area contributed by atoms with Gasteiger partial charge in [0.15, 0.2) is 0 Å². The standard InChI is InChI=1S/C27H24ClNO4/c1-2-16-33-22-14-10-19(11-15-22)24-23(25(30)20-8-12-21(28)13-9-20)26(31)27(32)29(24)17-18-6-4-3-5-7-18/h3-15,24,30H,2,16-17H2,1H3. The number of hydrogen-bond acceptors (Lipinski definition) is 4. The Kier molecular flexibility index (Phi) is 6.80. The first-order chi connectivity index (χ1) is 16.0. The third-order valence-corrected chi connectivity index (χ3v) is 5.77. The SMILES string of the molecule is CCCOc1ccc(C2C(=C(O)c3ccc(Cl)cc3)C(=O)C(=O)N2Cc2ccccc2)cc1. The highest BCUT2D eigenvalue weighted by atomic mass is 35.5. The fourth-order valence-electron chi connectivity index (χ4n) is 3.90. The summed E-state index contributed by atoms with van der Waals surface area (Å²) in [4.78, 5) is 27.7. The highest BCUT2D eigenvalue weighted by molar-refractivity contribution is 6.46.